The third-order valence-electron chi connectivity index (χ3n) is 4.12. The van der Waals surface area contributed by atoms with Crippen molar-refractivity contribution < 1.29 is 9.22 Å². The standard InChI is InChI=1S/C14H30O2Si/c1-11(12(2)10-15)9-13(3)16-17(7,8)14(4,5)6/h10-13H,9H2,1-8H3/t11-,12-,13-/m1/s1. The molecule has 0 aliphatic heterocycles. The summed E-state index contributed by atoms with van der Waals surface area (Å²) in [5, 5.41) is 0.251. The van der Waals surface area contributed by atoms with Gasteiger partial charge in [0.25, 0.3) is 0 Å². The normalized spacial score (nSPS) is 18.6. The Kier molecular flexibility index (Phi) is 6.09. The van der Waals surface area contributed by atoms with E-state index in [0.29, 0.717) is 5.92 Å². The third-order valence-corrected chi connectivity index (χ3v) is 8.72. The van der Waals surface area contributed by atoms with Crippen LogP contribution in [0.2, 0.25) is 18.1 Å². The fourth-order valence-corrected chi connectivity index (χ4v) is 3.06. The molecule has 0 aromatic rings. The summed E-state index contributed by atoms with van der Waals surface area (Å²) in [6.45, 7) is 17.6. The summed E-state index contributed by atoms with van der Waals surface area (Å²) in [4.78, 5) is 10.7. The maximum Gasteiger partial charge on any atom is 0.192 e. The molecule has 0 fully saturated rings. The second kappa shape index (κ2) is 6.14. The van der Waals surface area contributed by atoms with E-state index in [0.717, 1.165) is 12.7 Å². The molecule has 0 N–H and O–H groups in total. The van der Waals surface area contributed by atoms with E-state index < -0.39 is 8.32 Å². The van der Waals surface area contributed by atoms with Crippen molar-refractivity contribution in [2.45, 2.75) is 72.2 Å². The van der Waals surface area contributed by atoms with Crippen LogP contribution in [0.15, 0.2) is 0 Å². The molecule has 0 spiro atoms. The predicted molar refractivity (Wildman–Crippen MR) is 76.8 cm³/mol. The van der Waals surface area contributed by atoms with E-state index in [9.17, 15) is 4.79 Å². The number of rotatable bonds is 6. The zero-order valence-electron chi connectivity index (χ0n) is 12.8. The van der Waals surface area contributed by atoms with Crippen molar-refractivity contribution in [1.82, 2.24) is 0 Å². The molecular weight excluding hydrogens is 228 g/mol. The molecule has 0 aromatic carbocycles. The number of hydrogen-bond donors (Lipinski definition) is 0. The van der Waals surface area contributed by atoms with Gasteiger partial charge in [0.05, 0.1) is 0 Å². The highest BCUT2D eigenvalue weighted by Crippen LogP contribution is 2.38. The molecule has 0 aliphatic rings. The summed E-state index contributed by atoms with van der Waals surface area (Å²) in [6.07, 6.45) is 2.25. The van der Waals surface area contributed by atoms with E-state index in [2.05, 4.69) is 47.7 Å². The minimum Gasteiger partial charge on any atom is -0.414 e. The van der Waals surface area contributed by atoms with Gasteiger partial charge in [0.1, 0.15) is 6.29 Å². The lowest BCUT2D eigenvalue weighted by Gasteiger charge is -2.39. The highest BCUT2D eigenvalue weighted by molar-refractivity contribution is 6.74. The average molecular weight is 258 g/mol. The summed E-state index contributed by atoms with van der Waals surface area (Å²) in [6, 6.07) is 0. The highest BCUT2D eigenvalue weighted by atomic mass is 28.4. The maximum absolute atomic E-state index is 10.7. The van der Waals surface area contributed by atoms with Crippen molar-refractivity contribution in [3.05, 3.63) is 0 Å². The molecule has 0 saturated carbocycles. The van der Waals surface area contributed by atoms with Gasteiger partial charge in [-0.25, -0.2) is 0 Å². The molecule has 0 bridgehead atoms. The van der Waals surface area contributed by atoms with Crippen molar-refractivity contribution in [3.63, 3.8) is 0 Å². The Morgan fingerprint density at radius 1 is 1.18 bits per heavy atom. The Bertz CT molecular complexity index is 243. The van der Waals surface area contributed by atoms with Gasteiger partial charge in [-0.3, -0.25) is 0 Å². The second-order valence-electron chi connectivity index (χ2n) is 6.90. The molecule has 0 radical (unpaired) electrons. The van der Waals surface area contributed by atoms with E-state index >= 15 is 0 Å². The van der Waals surface area contributed by atoms with Crippen LogP contribution in [-0.2, 0) is 9.22 Å². The average Bonchev–Trinajstić information content (AvgIpc) is 2.13. The molecule has 0 heterocycles. The Balaban J connectivity index is 4.36. The van der Waals surface area contributed by atoms with Gasteiger partial charge in [-0.15, -0.1) is 0 Å². The van der Waals surface area contributed by atoms with Crippen LogP contribution in [-0.4, -0.2) is 20.7 Å². The van der Waals surface area contributed by atoms with E-state index in [4.69, 9.17) is 4.43 Å². The first kappa shape index (κ1) is 16.8. The van der Waals surface area contributed by atoms with Gasteiger partial charge in [-0.2, -0.15) is 0 Å². The number of carbonyl (C=O) groups is 1. The fraction of sp³-hybridized carbons (Fsp3) is 0.929. The summed E-state index contributed by atoms with van der Waals surface area (Å²) in [5.74, 6) is 0.521. The van der Waals surface area contributed by atoms with E-state index in [1.54, 1.807) is 0 Å². The molecule has 0 rings (SSSR count). The van der Waals surface area contributed by atoms with E-state index in [1.165, 1.54) is 0 Å². The summed E-state index contributed by atoms with van der Waals surface area (Å²) < 4.78 is 6.29. The molecule has 0 amide bonds. The third kappa shape index (κ3) is 5.34. The van der Waals surface area contributed by atoms with Gasteiger partial charge >= 0.3 is 0 Å². The molecule has 2 nitrogen and oxygen atoms in total. The molecule has 0 unspecified atom stereocenters. The van der Waals surface area contributed by atoms with Crippen LogP contribution in [0.25, 0.3) is 0 Å². The summed E-state index contributed by atoms with van der Waals surface area (Å²) in [7, 11) is -1.67. The molecule has 0 saturated heterocycles. The maximum atomic E-state index is 10.7. The van der Waals surface area contributed by atoms with Crippen LogP contribution in [0.5, 0.6) is 0 Å². The van der Waals surface area contributed by atoms with E-state index in [-0.39, 0.29) is 17.1 Å². The zero-order valence-corrected chi connectivity index (χ0v) is 13.8. The van der Waals surface area contributed by atoms with Gasteiger partial charge in [0.15, 0.2) is 8.32 Å². The van der Waals surface area contributed by atoms with Crippen LogP contribution >= 0.6 is 0 Å². The van der Waals surface area contributed by atoms with Gasteiger partial charge in [-0.05, 0) is 37.4 Å². The van der Waals surface area contributed by atoms with Crippen molar-refractivity contribution in [2.75, 3.05) is 0 Å². The lowest BCUT2D eigenvalue weighted by Crippen LogP contribution is -2.43. The Morgan fingerprint density at radius 3 is 2.00 bits per heavy atom. The number of carbonyl (C=O) groups excluding carboxylic acids is 1. The molecule has 102 valence electrons. The SMILES string of the molecule is C[C@H](C[C@@H](C)[C@H](C)C=O)O[Si](C)(C)C(C)(C)C. The van der Waals surface area contributed by atoms with Crippen LogP contribution < -0.4 is 0 Å². The largest absolute Gasteiger partial charge is 0.414 e. The highest BCUT2D eigenvalue weighted by Gasteiger charge is 2.38. The van der Waals surface area contributed by atoms with Gasteiger partial charge in [-0.1, -0.05) is 34.6 Å². The minimum atomic E-state index is -1.67. The van der Waals surface area contributed by atoms with Gasteiger partial charge in [0.2, 0.25) is 0 Å². The first-order valence-corrected chi connectivity index (χ1v) is 9.55. The predicted octanol–water partition coefficient (Wildman–Crippen LogP) is 4.26. The van der Waals surface area contributed by atoms with E-state index in [1.807, 2.05) is 6.92 Å². The first-order valence-electron chi connectivity index (χ1n) is 6.64. The Morgan fingerprint density at radius 2 is 1.65 bits per heavy atom. The fourth-order valence-electron chi connectivity index (χ4n) is 1.60. The van der Waals surface area contributed by atoms with Crippen LogP contribution in [0.4, 0.5) is 0 Å². The quantitative estimate of drug-likeness (QED) is 0.525. The van der Waals surface area contributed by atoms with Crippen molar-refractivity contribution in [1.29, 1.82) is 0 Å². The number of hydrogen-bond acceptors (Lipinski definition) is 2. The topological polar surface area (TPSA) is 26.3 Å². The van der Waals surface area contributed by atoms with Crippen LogP contribution in [0.3, 0.4) is 0 Å². The Labute approximate surface area is 108 Å². The molecule has 3 atom stereocenters. The summed E-state index contributed by atoms with van der Waals surface area (Å²) in [5.41, 5.74) is 0. The van der Waals surface area contributed by atoms with Crippen molar-refractivity contribution in [2.24, 2.45) is 11.8 Å². The molecule has 17 heavy (non-hydrogen) atoms. The van der Waals surface area contributed by atoms with Crippen molar-refractivity contribution >= 4 is 14.6 Å². The lowest BCUT2D eigenvalue weighted by atomic mass is 9.92. The van der Waals surface area contributed by atoms with Gasteiger partial charge < -0.3 is 9.22 Å². The van der Waals surface area contributed by atoms with Crippen molar-refractivity contribution in [3.8, 4) is 0 Å². The number of aldehydes is 1. The molecular formula is C14H30O2Si. The monoisotopic (exact) mass is 258 g/mol. The lowest BCUT2D eigenvalue weighted by molar-refractivity contribution is -0.112. The van der Waals surface area contributed by atoms with Gasteiger partial charge in [0, 0.05) is 12.0 Å². The smallest absolute Gasteiger partial charge is 0.192 e. The second-order valence-corrected chi connectivity index (χ2v) is 11.7. The first-order chi connectivity index (χ1) is 7.51. The molecule has 0 aromatic heterocycles. The van der Waals surface area contributed by atoms with Crippen LogP contribution in [0, 0.1) is 11.8 Å². The summed E-state index contributed by atoms with van der Waals surface area (Å²) >= 11 is 0. The zero-order chi connectivity index (χ0) is 13.9. The molecule has 3 heteroatoms. The molecule has 0 aliphatic carbocycles. The Hall–Kier alpha value is -0.153. The van der Waals surface area contributed by atoms with Crippen LogP contribution in [0.1, 0.15) is 48.0 Å². The minimum absolute atomic E-state index is 0.125.